The van der Waals surface area contributed by atoms with Gasteiger partial charge >= 0.3 is 39.5 Å². The second-order valence-corrected chi connectivity index (χ2v) is 30.6. The molecule has 5 atom stereocenters. The Bertz CT molecular complexity index is 2350. The molecule has 0 aromatic rings. The van der Waals surface area contributed by atoms with E-state index in [4.69, 9.17) is 37.0 Å². The molecular weight excluding hydrogens is 1350 g/mol. The number of hydrogen-bond donors (Lipinski definition) is 3. The third-order valence-electron chi connectivity index (χ3n) is 17.5. The van der Waals surface area contributed by atoms with Gasteiger partial charge in [-0.1, -0.05) is 285 Å². The molecule has 5 unspecified atom stereocenters. The van der Waals surface area contributed by atoms with Gasteiger partial charge in [0.25, 0.3) is 0 Å². The molecule has 0 bridgehead atoms. The first kappa shape index (κ1) is 100.0. The SMILES string of the molecule is CCCC/C=C\CCCCCCCC(=O)OC(COC(=O)CCCCCCC/C=C\CCCCCCCC)COP(=O)(O)OCC(O)COP(=O)(O)OCC(COC(=O)CCCCCCCC/C=C\C/C=C\C/C=C\CCCCC)OC(=O)CCCCCCCC/C=C\C/C=C\C/C=C\CCCCC. The Balaban J connectivity index is 5.35. The fraction of sp³-hybridized carbons (Fsp3) is 0.765. The molecule has 104 heavy (non-hydrogen) atoms. The number of phosphoric ester groups is 2. The first-order valence-electron chi connectivity index (χ1n) is 41.5. The van der Waals surface area contributed by atoms with E-state index in [9.17, 15) is 43.2 Å². The average Bonchev–Trinajstić information content (AvgIpc) is 0.908. The van der Waals surface area contributed by atoms with Crippen LogP contribution < -0.4 is 0 Å². The molecule has 0 spiro atoms. The van der Waals surface area contributed by atoms with Crippen LogP contribution in [0.2, 0.25) is 0 Å². The number of carbonyl (C=O) groups excluding carboxylic acids is 4. The number of ether oxygens (including phenoxy) is 4. The van der Waals surface area contributed by atoms with E-state index in [1.165, 1.54) is 89.9 Å². The van der Waals surface area contributed by atoms with Gasteiger partial charge in [-0.2, -0.15) is 0 Å². The molecule has 19 heteroatoms. The highest BCUT2D eigenvalue weighted by molar-refractivity contribution is 7.47. The summed E-state index contributed by atoms with van der Waals surface area (Å²) in [7, 11) is -9.96. The van der Waals surface area contributed by atoms with Crippen LogP contribution in [0.4, 0.5) is 0 Å². The van der Waals surface area contributed by atoms with E-state index in [1.807, 2.05) is 0 Å². The fourth-order valence-electron chi connectivity index (χ4n) is 11.1. The summed E-state index contributed by atoms with van der Waals surface area (Å²) in [5, 5.41) is 10.6. The van der Waals surface area contributed by atoms with Crippen LogP contribution in [0.15, 0.2) is 97.2 Å². The minimum Gasteiger partial charge on any atom is -0.462 e. The molecule has 0 radical (unpaired) electrons. The predicted octanol–water partition coefficient (Wildman–Crippen LogP) is 24.3. The monoisotopic (exact) mass is 1510 g/mol. The number of aliphatic hydroxyl groups is 1. The van der Waals surface area contributed by atoms with Gasteiger partial charge in [0.15, 0.2) is 12.2 Å². The molecule has 0 aromatic carbocycles. The molecule has 0 aliphatic rings. The van der Waals surface area contributed by atoms with Gasteiger partial charge in [0.1, 0.15) is 19.3 Å². The van der Waals surface area contributed by atoms with Crippen molar-refractivity contribution in [1.29, 1.82) is 0 Å². The summed E-state index contributed by atoms with van der Waals surface area (Å²) in [4.78, 5) is 73.1. The number of rotatable bonds is 78. The Hall–Kier alpha value is -4.02. The smallest absolute Gasteiger partial charge is 0.462 e. The van der Waals surface area contributed by atoms with E-state index in [-0.39, 0.29) is 25.7 Å². The first-order chi connectivity index (χ1) is 50.7. The summed E-state index contributed by atoms with van der Waals surface area (Å²) in [5.74, 6) is -2.20. The van der Waals surface area contributed by atoms with Crippen LogP contribution in [0.1, 0.15) is 362 Å². The zero-order chi connectivity index (χ0) is 76.0. The summed E-state index contributed by atoms with van der Waals surface area (Å²) in [6.45, 7) is 4.78. The van der Waals surface area contributed by atoms with E-state index >= 15 is 0 Å². The lowest BCUT2D eigenvalue weighted by Crippen LogP contribution is -2.30. The highest BCUT2D eigenvalue weighted by Gasteiger charge is 2.30. The lowest BCUT2D eigenvalue weighted by atomic mass is 10.1. The van der Waals surface area contributed by atoms with Crippen molar-refractivity contribution in [1.82, 2.24) is 0 Å². The number of unbranched alkanes of at least 4 members (excludes halogenated alkanes) is 36. The normalized spacial score (nSPS) is 14.3. The lowest BCUT2D eigenvalue weighted by molar-refractivity contribution is -0.161. The van der Waals surface area contributed by atoms with Crippen LogP contribution in [0.5, 0.6) is 0 Å². The lowest BCUT2D eigenvalue weighted by Gasteiger charge is -2.21. The van der Waals surface area contributed by atoms with Gasteiger partial charge in [-0.05, 0) is 148 Å². The third-order valence-corrected chi connectivity index (χ3v) is 19.4. The number of allylic oxidation sites excluding steroid dienone is 16. The average molecular weight is 1510 g/mol. The quantitative estimate of drug-likeness (QED) is 0.0169. The number of esters is 4. The Kier molecular flexibility index (Phi) is 74.2. The van der Waals surface area contributed by atoms with Gasteiger partial charge in [0.05, 0.1) is 26.4 Å². The zero-order valence-corrected chi connectivity index (χ0v) is 67.7. The van der Waals surface area contributed by atoms with Crippen molar-refractivity contribution in [3.05, 3.63) is 97.2 Å². The topological polar surface area (TPSA) is 237 Å². The molecule has 0 aliphatic heterocycles. The molecule has 0 aliphatic carbocycles. The van der Waals surface area contributed by atoms with E-state index in [2.05, 4.69) is 125 Å². The summed E-state index contributed by atoms with van der Waals surface area (Å²) in [6.07, 6.45) is 82.3. The van der Waals surface area contributed by atoms with Gasteiger partial charge in [-0.25, -0.2) is 9.13 Å². The molecule has 3 N–H and O–H groups in total. The Morgan fingerprint density at radius 2 is 0.481 bits per heavy atom. The molecule has 0 amide bonds. The number of aliphatic hydroxyl groups excluding tert-OH is 1. The van der Waals surface area contributed by atoms with Crippen LogP contribution >= 0.6 is 15.6 Å². The minimum atomic E-state index is -4.99. The number of hydrogen-bond acceptors (Lipinski definition) is 15. The molecule has 17 nitrogen and oxygen atoms in total. The molecule has 0 heterocycles. The maximum absolute atomic E-state index is 13.1. The molecule has 602 valence electrons. The van der Waals surface area contributed by atoms with Crippen LogP contribution in [0.25, 0.3) is 0 Å². The summed E-state index contributed by atoms with van der Waals surface area (Å²) < 4.78 is 68.6. The van der Waals surface area contributed by atoms with Crippen molar-refractivity contribution in [2.24, 2.45) is 0 Å². The fourth-order valence-corrected chi connectivity index (χ4v) is 12.7. The molecule has 0 fully saturated rings. The van der Waals surface area contributed by atoms with Crippen LogP contribution in [0.3, 0.4) is 0 Å². The Morgan fingerprint density at radius 3 is 0.779 bits per heavy atom. The zero-order valence-electron chi connectivity index (χ0n) is 65.9. The predicted molar refractivity (Wildman–Crippen MR) is 427 cm³/mol. The van der Waals surface area contributed by atoms with Crippen LogP contribution in [-0.2, 0) is 65.4 Å². The molecule has 0 rings (SSSR count). The van der Waals surface area contributed by atoms with Gasteiger partial charge < -0.3 is 33.8 Å². The van der Waals surface area contributed by atoms with Gasteiger partial charge in [-0.15, -0.1) is 0 Å². The summed E-state index contributed by atoms with van der Waals surface area (Å²) in [5.41, 5.74) is 0. The molecule has 0 aromatic heterocycles. The van der Waals surface area contributed by atoms with Gasteiger partial charge in [-0.3, -0.25) is 37.3 Å². The number of phosphoric acid groups is 2. The first-order valence-corrected chi connectivity index (χ1v) is 44.5. The van der Waals surface area contributed by atoms with E-state index in [1.54, 1.807) is 0 Å². The van der Waals surface area contributed by atoms with Crippen molar-refractivity contribution < 1.29 is 80.2 Å². The molecule has 0 saturated carbocycles. The van der Waals surface area contributed by atoms with Gasteiger partial charge in [0.2, 0.25) is 0 Å². The van der Waals surface area contributed by atoms with E-state index in [0.29, 0.717) is 25.7 Å². The Labute approximate surface area is 633 Å². The largest absolute Gasteiger partial charge is 0.472 e. The van der Waals surface area contributed by atoms with Crippen molar-refractivity contribution in [3.8, 4) is 0 Å². The van der Waals surface area contributed by atoms with Crippen molar-refractivity contribution in [2.45, 2.75) is 380 Å². The Morgan fingerprint density at radius 1 is 0.269 bits per heavy atom. The van der Waals surface area contributed by atoms with Crippen molar-refractivity contribution in [3.63, 3.8) is 0 Å². The van der Waals surface area contributed by atoms with Crippen molar-refractivity contribution >= 4 is 39.5 Å². The highest BCUT2D eigenvalue weighted by Crippen LogP contribution is 2.45. The van der Waals surface area contributed by atoms with Crippen molar-refractivity contribution in [2.75, 3.05) is 39.6 Å². The van der Waals surface area contributed by atoms with E-state index in [0.717, 1.165) is 193 Å². The van der Waals surface area contributed by atoms with Crippen LogP contribution in [0, 0.1) is 0 Å². The standard InChI is InChI=1S/C85H150O17P2/c1-5-9-13-17-21-25-29-32-35-37-39-41-44-47-51-54-58-62-66-70-83(88)96-76-81(102-85(90)72-68-64-60-56-52-48-45-42-40-38-36-33-30-26-22-18-14-10-6-2)78-100-104(93,94)98-74-79(86)73-97-103(91,92)99-77-80(101-84(89)71-67-63-59-55-49-28-24-20-16-12-8-4)75-95-82(87)69-65-61-57-53-50-46-43-34-31-27-23-19-15-11-7-3/h20-22,24-26,32-36,39-43,79-81,86H,5-19,23,27-31,37-38,44-78H2,1-4H3,(H,91,92)(H,93,94)/b24-20-,25-21-,26-22-,35-32-,36-33-,41-39-,42-40-,43-34-. The second kappa shape index (κ2) is 77.1. The second-order valence-electron chi connectivity index (χ2n) is 27.7. The third kappa shape index (κ3) is 76.2. The molecule has 0 saturated heterocycles. The maximum atomic E-state index is 13.1. The summed E-state index contributed by atoms with van der Waals surface area (Å²) >= 11 is 0. The highest BCUT2D eigenvalue weighted by atomic mass is 31.2. The van der Waals surface area contributed by atoms with E-state index < -0.39 is 97.5 Å². The van der Waals surface area contributed by atoms with Crippen LogP contribution in [-0.4, -0.2) is 96.7 Å². The minimum absolute atomic E-state index is 0.0772. The summed E-state index contributed by atoms with van der Waals surface area (Å²) in [6, 6.07) is 0. The van der Waals surface area contributed by atoms with Gasteiger partial charge in [0, 0.05) is 25.7 Å². The number of carbonyl (C=O) groups is 4. The maximum Gasteiger partial charge on any atom is 0.472 e. The molecular formula is C85H150O17P2.